The second-order valence-corrected chi connectivity index (χ2v) is 4.99. The quantitative estimate of drug-likeness (QED) is 0.881. The third kappa shape index (κ3) is 3.11. The molecule has 1 N–H and O–H groups in total. The van der Waals surface area contributed by atoms with Gasteiger partial charge in [0.1, 0.15) is 11.5 Å². The molecule has 0 spiro atoms. The van der Waals surface area contributed by atoms with Gasteiger partial charge in [-0.2, -0.15) is 0 Å². The van der Waals surface area contributed by atoms with Gasteiger partial charge in [0.05, 0.1) is 19.4 Å². The van der Waals surface area contributed by atoms with Crippen molar-refractivity contribution in [3.63, 3.8) is 0 Å². The van der Waals surface area contributed by atoms with Crippen LogP contribution in [0.5, 0.6) is 11.5 Å². The van der Waals surface area contributed by atoms with Gasteiger partial charge in [-0.25, -0.2) is 0 Å². The molecule has 0 aromatic heterocycles. The van der Waals surface area contributed by atoms with Crippen LogP contribution in [-0.2, 0) is 11.2 Å². The largest absolute Gasteiger partial charge is 0.495 e. The van der Waals surface area contributed by atoms with Gasteiger partial charge in [-0.1, -0.05) is 18.2 Å². The number of carbonyl (C=O) groups is 1. The number of hydrogen-bond acceptors (Lipinski definition) is 3. The highest BCUT2D eigenvalue weighted by Gasteiger charge is 2.11. The third-order valence-electron chi connectivity index (χ3n) is 3.51. The predicted molar refractivity (Wildman–Crippen MR) is 86.3 cm³/mol. The molecule has 2 aromatic carbocycles. The standard InChI is InChI=1S/C18H17NO3/c1-21-17-5-3-2-4-15(17)19-18(20)9-7-13-6-8-16-14(12-13)10-11-22-16/h2-9,12H,10-11H2,1H3,(H,19,20). The Bertz CT molecular complexity index is 722. The first kappa shape index (κ1) is 14.2. The molecule has 0 atom stereocenters. The van der Waals surface area contributed by atoms with Crippen molar-refractivity contribution in [3.8, 4) is 11.5 Å². The van der Waals surface area contributed by atoms with Crippen molar-refractivity contribution in [3.05, 3.63) is 59.7 Å². The zero-order chi connectivity index (χ0) is 15.4. The Kier molecular flexibility index (Phi) is 4.10. The SMILES string of the molecule is COc1ccccc1NC(=O)C=Cc1ccc2c(c1)CCO2. The zero-order valence-corrected chi connectivity index (χ0v) is 12.3. The lowest BCUT2D eigenvalue weighted by molar-refractivity contribution is -0.111. The molecule has 22 heavy (non-hydrogen) atoms. The van der Waals surface area contributed by atoms with Crippen molar-refractivity contribution in [1.29, 1.82) is 0 Å². The van der Waals surface area contributed by atoms with Crippen LogP contribution >= 0.6 is 0 Å². The molecule has 1 heterocycles. The van der Waals surface area contributed by atoms with Gasteiger partial charge in [-0.15, -0.1) is 0 Å². The van der Waals surface area contributed by atoms with E-state index >= 15 is 0 Å². The van der Waals surface area contributed by atoms with Gasteiger partial charge in [0.2, 0.25) is 5.91 Å². The summed E-state index contributed by atoms with van der Waals surface area (Å²) in [6.07, 6.45) is 4.23. The first-order chi connectivity index (χ1) is 10.8. The minimum Gasteiger partial charge on any atom is -0.495 e. The second kappa shape index (κ2) is 6.35. The summed E-state index contributed by atoms with van der Waals surface area (Å²) in [6, 6.07) is 13.3. The molecule has 0 saturated heterocycles. The van der Waals surface area contributed by atoms with Crippen LogP contribution < -0.4 is 14.8 Å². The number of fused-ring (bicyclic) bond motifs is 1. The van der Waals surface area contributed by atoms with E-state index in [9.17, 15) is 4.79 Å². The fourth-order valence-corrected chi connectivity index (χ4v) is 2.40. The average molecular weight is 295 g/mol. The van der Waals surface area contributed by atoms with Crippen molar-refractivity contribution in [2.75, 3.05) is 19.0 Å². The number of methoxy groups -OCH3 is 1. The number of nitrogens with one attached hydrogen (secondary N) is 1. The Morgan fingerprint density at radius 1 is 1.27 bits per heavy atom. The summed E-state index contributed by atoms with van der Waals surface area (Å²) in [6.45, 7) is 0.733. The summed E-state index contributed by atoms with van der Waals surface area (Å²) in [7, 11) is 1.58. The Hall–Kier alpha value is -2.75. The van der Waals surface area contributed by atoms with E-state index in [0.29, 0.717) is 11.4 Å². The number of hydrogen-bond donors (Lipinski definition) is 1. The van der Waals surface area contributed by atoms with E-state index in [1.807, 2.05) is 24.3 Å². The molecule has 1 aliphatic heterocycles. The minimum absolute atomic E-state index is 0.193. The maximum atomic E-state index is 12.0. The zero-order valence-electron chi connectivity index (χ0n) is 12.3. The fraction of sp³-hybridized carbons (Fsp3) is 0.167. The van der Waals surface area contributed by atoms with E-state index in [0.717, 1.165) is 24.3 Å². The number of carbonyl (C=O) groups excluding carboxylic acids is 1. The lowest BCUT2D eigenvalue weighted by Gasteiger charge is -2.07. The van der Waals surface area contributed by atoms with Crippen LogP contribution in [0.3, 0.4) is 0 Å². The Morgan fingerprint density at radius 3 is 3.00 bits per heavy atom. The number of rotatable bonds is 4. The van der Waals surface area contributed by atoms with Crippen molar-refractivity contribution < 1.29 is 14.3 Å². The van der Waals surface area contributed by atoms with Crippen LogP contribution in [0.15, 0.2) is 48.5 Å². The third-order valence-corrected chi connectivity index (χ3v) is 3.51. The molecule has 1 amide bonds. The van der Waals surface area contributed by atoms with E-state index in [2.05, 4.69) is 11.4 Å². The summed E-state index contributed by atoms with van der Waals surface area (Å²) in [5.41, 5.74) is 2.83. The molecule has 0 saturated carbocycles. The first-order valence-corrected chi connectivity index (χ1v) is 7.14. The molecule has 2 aromatic rings. The van der Waals surface area contributed by atoms with Gasteiger partial charge < -0.3 is 14.8 Å². The van der Waals surface area contributed by atoms with Gasteiger partial charge in [-0.3, -0.25) is 4.79 Å². The molecule has 0 bridgehead atoms. The molecular formula is C18H17NO3. The first-order valence-electron chi connectivity index (χ1n) is 7.14. The van der Waals surface area contributed by atoms with Crippen LogP contribution in [0.25, 0.3) is 6.08 Å². The van der Waals surface area contributed by atoms with Crippen LogP contribution in [0, 0.1) is 0 Å². The molecule has 0 fully saturated rings. The summed E-state index contributed by atoms with van der Waals surface area (Å²) in [4.78, 5) is 12.0. The molecular weight excluding hydrogens is 278 g/mol. The topological polar surface area (TPSA) is 47.6 Å². The second-order valence-electron chi connectivity index (χ2n) is 4.99. The fourth-order valence-electron chi connectivity index (χ4n) is 2.40. The van der Waals surface area contributed by atoms with Gasteiger partial charge in [0, 0.05) is 12.5 Å². The minimum atomic E-state index is -0.193. The molecule has 0 unspecified atom stereocenters. The smallest absolute Gasteiger partial charge is 0.248 e. The van der Waals surface area contributed by atoms with Gasteiger partial charge in [-0.05, 0) is 41.5 Å². The van der Waals surface area contributed by atoms with E-state index < -0.39 is 0 Å². The highest BCUT2D eigenvalue weighted by atomic mass is 16.5. The van der Waals surface area contributed by atoms with Gasteiger partial charge in [0.15, 0.2) is 0 Å². The maximum absolute atomic E-state index is 12.0. The van der Waals surface area contributed by atoms with E-state index in [4.69, 9.17) is 9.47 Å². The Balaban J connectivity index is 1.69. The molecule has 1 aliphatic rings. The Morgan fingerprint density at radius 2 is 2.14 bits per heavy atom. The molecule has 112 valence electrons. The summed E-state index contributed by atoms with van der Waals surface area (Å²) >= 11 is 0. The molecule has 0 radical (unpaired) electrons. The highest BCUT2D eigenvalue weighted by molar-refractivity contribution is 6.02. The van der Waals surface area contributed by atoms with Crippen LogP contribution in [-0.4, -0.2) is 19.6 Å². The molecule has 4 nitrogen and oxygen atoms in total. The van der Waals surface area contributed by atoms with Gasteiger partial charge >= 0.3 is 0 Å². The van der Waals surface area contributed by atoms with Gasteiger partial charge in [0.25, 0.3) is 0 Å². The highest BCUT2D eigenvalue weighted by Crippen LogP contribution is 2.26. The number of anilines is 1. The van der Waals surface area contributed by atoms with Crippen molar-refractivity contribution >= 4 is 17.7 Å². The number of ether oxygens (including phenoxy) is 2. The predicted octanol–water partition coefficient (Wildman–Crippen LogP) is 3.28. The van der Waals surface area contributed by atoms with E-state index in [-0.39, 0.29) is 5.91 Å². The normalized spacial score (nSPS) is 12.8. The molecule has 0 aliphatic carbocycles. The summed E-state index contributed by atoms with van der Waals surface area (Å²) in [5, 5.41) is 2.81. The molecule has 4 heteroatoms. The lowest BCUT2D eigenvalue weighted by atomic mass is 10.1. The Labute approximate surface area is 129 Å². The van der Waals surface area contributed by atoms with Crippen molar-refractivity contribution in [2.45, 2.75) is 6.42 Å². The van der Waals surface area contributed by atoms with E-state index in [1.165, 1.54) is 11.6 Å². The van der Waals surface area contributed by atoms with Crippen molar-refractivity contribution in [1.82, 2.24) is 0 Å². The van der Waals surface area contributed by atoms with Crippen LogP contribution in [0.4, 0.5) is 5.69 Å². The van der Waals surface area contributed by atoms with E-state index in [1.54, 1.807) is 25.3 Å². The van der Waals surface area contributed by atoms with Crippen molar-refractivity contribution in [2.24, 2.45) is 0 Å². The maximum Gasteiger partial charge on any atom is 0.248 e. The summed E-state index contributed by atoms with van der Waals surface area (Å²) in [5.74, 6) is 1.39. The summed E-state index contributed by atoms with van der Waals surface area (Å²) < 4.78 is 10.7. The molecule has 3 rings (SSSR count). The number of benzene rings is 2. The monoisotopic (exact) mass is 295 g/mol. The number of para-hydroxylation sites is 2. The number of amides is 1. The lowest BCUT2D eigenvalue weighted by Crippen LogP contribution is -2.08. The average Bonchev–Trinajstić information content (AvgIpc) is 3.01. The van der Waals surface area contributed by atoms with Crippen LogP contribution in [0.1, 0.15) is 11.1 Å². The van der Waals surface area contributed by atoms with Crippen LogP contribution in [0.2, 0.25) is 0 Å².